The van der Waals surface area contributed by atoms with Crippen LogP contribution in [0.4, 0.5) is 5.69 Å². The van der Waals surface area contributed by atoms with Crippen LogP contribution in [-0.2, 0) is 12.0 Å². The second-order valence-corrected chi connectivity index (χ2v) is 8.41. The van der Waals surface area contributed by atoms with E-state index in [2.05, 4.69) is 59.8 Å². The molecule has 0 unspecified atom stereocenters. The summed E-state index contributed by atoms with van der Waals surface area (Å²) in [7, 11) is 1.78. The van der Waals surface area contributed by atoms with Crippen LogP contribution in [0.5, 0.6) is 0 Å². The lowest BCUT2D eigenvalue weighted by molar-refractivity contribution is 0.102. The van der Waals surface area contributed by atoms with E-state index in [-0.39, 0.29) is 17.9 Å². The lowest BCUT2D eigenvalue weighted by atomic mass is 9.85. The third kappa shape index (κ3) is 8.04. The Kier molecular flexibility index (Phi) is 11.3. The monoisotopic (exact) mass is 451 g/mol. The molecule has 2 aromatic rings. The van der Waals surface area contributed by atoms with Gasteiger partial charge in [0.05, 0.1) is 13.3 Å². The molecule has 0 spiro atoms. The molecule has 178 valence electrons. The maximum Gasteiger partial charge on any atom is 0.255 e. The van der Waals surface area contributed by atoms with Crippen LogP contribution in [0.25, 0.3) is 0 Å². The van der Waals surface area contributed by atoms with Crippen molar-refractivity contribution in [1.29, 1.82) is 0 Å². The van der Waals surface area contributed by atoms with E-state index in [1.165, 1.54) is 5.56 Å². The van der Waals surface area contributed by atoms with E-state index in [1.54, 1.807) is 25.2 Å². The van der Waals surface area contributed by atoms with Crippen molar-refractivity contribution in [3.05, 3.63) is 64.2 Å². The molecule has 3 N–H and O–H groups in total. The molecule has 0 bridgehead atoms. The number of nitrogens with one attached hydrogen (secondary N) is 2. The molecule has 0 saturated carbocycles. The summed E-state index contributed by atoms with van der Waals surface area (Å²) in [5, 5.41) is 15.8. The number of amides is 1. The SMILES string of the molecule is C=N/C(=N\CNC)c1cccc(NC(=O)c2ccc(C(C)(C)C)cc2C)c1CO.C=NCC. The molecule has 1 amide bonds. The van der Waals surface area contributed by atoms with Crippen molar-refractivity contribution in [1.82, 2.24) is 5.32 Å². The molecule has 2 rings (SSSR count). The van der Waals surface area contributed by atoms with Gasteiger partial charge in [-0.05, 0) is 63.0 Å². The van der Waals surface area contributed by atoms with E-state index in [1.807, 2.05) is 32.0 Å². The Morgan fingerprint density at radius 3 is 2.27 bits per heavy atom. The second-order valence-electron chi connectivity index (χ2n) is 8.41. The summed E-state index contributed by atoms with van der Waals surface area (Å²) in [6, 6.07) is 11.2. The van der Waals surface area contributed by atoms with Crippen molar-refractivity contribution in [2.75, 3.05) is 25.6 Å². The number of amidine groups is 1. The maximum absolute atomic E-state index is 12.9. The van der Waals surface area contributed by atoms with Gasteiger partial charge < -0.3 is 20.7 Å². The van der Waals surface area contributed by atoms with E-state index >= 15 is 0 Å². The highest BCUT2D eigenvalue weighted by Crippen LogP contribution is 2.26. The number of aliphatic hydroxyl groups excluding tert-OH is 1. The normalized spacial score (nSPS) is 11.3. The highest BCUT2D eigenvalue weighted by atomic mass is 16.3. The van der Waals surface area contributed by atoms with E-state index in [0.29, 0.717) is 34.9 Å². The number of nitrogens with zero attached hydrogens (tertiary/aromatic N) is 3. The van der Waals surface area contributed by atoms with E-state index in [4.69, 9.17) is 0 Å². The van der Waals surface area contributed by atoms with Gasteiger partial charge in [-0.1, -0.05) is 45.0 Å². The standard InChI is InChI=1S/C23H30N4O2.C3H7N/c1-15-12-16(23(2,3)4)10-11-17(15)22(29)27-20-9-7-8-18(19(20)13-28)21(25-6)26-14-24-5;1-3-4-2/h7-12,24,28H,6,13-14H2,1-5H3,(H,27,29);2-3H2,1H3/b26-21-;. The van der Waals surface area contributed by atoms with Gasteiger partial charge in [-0.2, -0.15) is 0 Å². The van der Waals surface area contributed by atoms with E-state index in [0.717, 1.165) is 12.1 Å². The average molecular weight is 452 g/mol. The van der Waals surface area contributed by atoms with Gasteiger partial charge in [-0.25, -0.2) is 4.99 Å². The Morgan fingerprint density at radius 2 is 1.79 bits per heavy atom. The van der Waals surface area contributed by atoms with Gasteiger partial charge in [-0.3, -0.25) is 9.79 Å². The number of aliphatic hydroxyl groups is 1. The van der Waals surface area contributed by atoms with Gasteiger partial charge in [0.2, 0.25) is 0 Å². The van der Waals surface area contributed by atoms with Crippen molar-refractivity contribution in [3.63, 3.8) is 0 Å². The number of rotatable bonds is 7. The van der Waals surface area contributed by atoms with Crippen LogP contribution in [0.15, 0.2) is 51.4 Å². The summed E-state index contributed by atoms with van der Waals surface area (Å²) in [6.07, 6.45) is 0. The van der Waals surface area contributed by atoms with Gasteiger partial charge in [0.1, 0.15) is 0 Å². The Morgan fingerprint density at radius 1 is 1.12 bits per heavy atom. The zero-order valence-corrected chi connectivity index (χ0v) is 20.7. The highest BCUT2D eigenvalue weighted by Gasteiger charge is 2.18. The Bertz CT molecular complexity index is 991. The first-order valence-electron chi connectivity index (χ1n) is 10.9. The topological polar surface area (TPSA) is 98.4 Å². The summed E-state index contributed by atoms with van der Waals surface area (Å²) in [5.41, 5.74) is 4.39. The quantitative estimate of drug-likeness (QED) is 0.431. The van der Waals surface area contributed by atoms with Gasteiger partial charge in [-0.15, -0.1) is 0 Å². The highest BCUT2D eigenvalue weighted by molar-refractivity contribution is 6.08. The molecule has 0 aliphatic carbocycles. The third-order valence-corrected chi connectivity index (χ3v) is 4.92. The van der Waals surface area contributed by atoms with E-state index < -0.39 is 0 Å². The molecule has 7 heteroatoms. The summed E-state index contributed by atoms with van der Waals surface area (Å²) >= 11 is 0. The summed E-state index contributed by atoms with van der Waals surface area (Å²) in [5.74, 6) is 0.181. The second kappa shape index (κ2) is 13.4. The fraction of sp³-hybridized carbons (Fsp3) is 0.385. The number of hydrogen-bond acceptors (Lipinski definition) is 5. The molecule has 0 aliphatic rings. The van der Waals surface area contributed by atoms with Crippen LogP contribution >= 0.6 is 0 Å². The molecule has 33 heavy (non-hydrogen) atoms. The van der Waals surface area contributed by atoms with Gasteiger partial charge in [0.25, 0.3) is 5.91 Å². The van der Waals surface area contributed by atoms with Gasteiger partial charge in [0, 0.05) is 28.9 Å². The van der Waals surface area contributed by atoms with Crippen molar-refractivity contribution in [2.24, 2.45) is 15.0 Å². The number of anilines is 1. The molecule has 0 atom stereocenters. The van der Waals surface area contributed by atoms with Crippen LogP contribution in [0.2, 0.25) is 0 Å². The number of hydrogen-bond donors (Lipinski definition) is 3. The Hall–Kier alpha value is -3.16. The van der Waals surface area contributed by atoms with Crippen LogP contribution in [0, 0.1) is 6.92 Å². The molecular formula is C26H37N5O2. The number of carbonyl (C=O) groups excluding carboxylic acids is 1. The fourth-order valence-electron chi connectivity index (χ4n) is 3.03. The number of aliphatic imine (C=N–C) groups is 3. The number of benzene rings is 2. The van der Waals surface area contributed by atoms with Gasteiger partial charge in [0.15, 0.2) is 5.84 Å². The smallest absolute Gasteiger partial charge is 0.255 e. The van der Waals surface area contributed by atoms with Crippen molar-refractivity contribution < 1.29 is 9.90 Å². The molecule has 0 radical (unpaired) electrons. The Balaban J connectivity index is 0.00000125. The molecular weight excluding hydrogens is 414 g/mol. The first-order valence-corrected chi connectivity index (χ1v) is 10.9. The first kappa shape index (κ1) is 27.9. The minimum absolute atomic E-state index is 0.0128. The predicted octanol–water partition coefficient (Wildman–Crippen LogP) is 4.37. The van der Waals surface area contributed by atoms with Crippen molar-refractivity contribution in [3.8, 4) is 0 Å². The van der Waals surface area contributed by atoms with Crippen LogP contribution in [-0.4, -0.2) is 50.5 Å². The first-order chi connectivity index (χ1) is 15.6. The van der Waals surface area contributed by atoms with Crippen LogP contribution in [0.3, 0.4) is 0 Å². The lowest BCUT2D eigenvalue weighted by Gasteiger charge is -2.20. The summed E-state index contributed by atoms with van der Waals surface area (Å²) in [6.45, 7) is 18.0. The lowest BCUT2D eigenvalue weighted by Crippen LogP contribution is -2.18. The number of carbonyl (C=O) groups is 1. The van der Waals surface area contributed by atoms with Crippen LogP contribution < -0.4 is 10.6 Å². The van der Waals surface area contributed by atoms with Crippen LogP contribution in [0.1, 0.15) is 60.3 Å². The minimum atomic E-state index is -0.262. The fourth-order valence-corrected chi connectivity index (χ4v) is 3.03. The minimum Gasteiger partial charge on any atom is -0.392 e. The molecule has 7 nitrogen and oxygen atoms in total. The van der Waals surface area contributed by atoms with E-state index in [9.17, 15) is 9.90 Å². The molecule has 2 aromatic carbocycles. The predicted molar refractivity (Wildman–Crippen MR) is 140 cm³/mol. The Labute approximate surface area is 197 Å². The zero-order valence-electron chi connectivity index (χ0n) is 20.7. The zero-order chi connectivity index (χ0) is 25.0. The average Bonchev–Trinajstić information content (AvgIpc) is 2.79. The summed E-state index contributed by atoms with van der Waals surface area (Å²) in [4.78, 5) is 24.7. The summed E-state index contributed by atoms with van der Waals surface area (Å²) < 4.78 is 0. The molecule has 0 heterocycles. The molecule has 0 fully saturated rings. The van der Waals surface area contributed by atoms with Gasteiger partial charge >= 0.3 is 0 Å². The molecule has 0 aromatic heterocycles. The van der Waals surface area contributed by atoms with Crippen molar-refractivity contribution in [2.45, 2.75) is 46.6 Å². The largest absolute Gasteiger partial charge is 0.392 e. The third-order valence-electron chi connectivity index (χ3n) is 4.92. The molecule has 0 aliphatic heterocycles. The number of aryl methyl sites for hydroxylation is 1. The van der Waals surface area contributed by atoms with Crippen molar-refractivity contribution >= 4 is 30.9 Å². The maximum atomic E-state index is 12.9. The molecule has 0 saturated heterocycles.